The maximum absolute atomic E-state index is 13.2. The number of nitrogens with one attached hydrogen (secondary N) is 3. The van der Waals surface area contributed by atoms with E-state index in [-0.39, 0.29) is 22.5 Å². The van der Waals surface area contributed by atoms with E-state index in [1.807, 2.05) is 23.6 Å². The van der Waals surface area contributed by atoms with Gasteiger partial charge < -0.3 is 10.2 Å². The third kappa shape index (κ3) is 6.26. The molecule has 0 spiro atoms. The SMILES string of the molecule is Cc1c(Br)c(=O)n(C2CCCC2)c2nc(Nc3ccc(N4CCC(CCCS(=O)(=O)c5n[nH]c(=O)[nH]5)CC4)cc3)ncc12. The van der Waals surface area contributed by atoms with Crippen LogP contribution in [-0.4, -0.2) is 57.0 Å². The number of benzene rings is 1. The monoisotopic (exact) mass is 670 g/mol. The van der Waals surface area contributed by atoms with Crippen molar-refractivity contribution in [2.75, 3.05) is 29.1 Å². The highest BCUT2D eigenvalue weighted by Crippen LogP contribution is 2.33. The highest BCUT2D eigenvalue weighted by atomic mass is 79.9. The number of aromatic amines is 2. The molecule has 3 aromatic heterocycles. The molecule has 0 radical (unpaired) electrons. The summed E-state index contributed by atoms with van der Waals surface area (Å²) < 4.78 is 27.1. The van der Waals surface area contributed by atoms with E-state index in [0.29, 0.717) is 28.4 Å². The summed E-state index contributed by atoms with van der Waals surface area (Å²) in [6, 6.07) is 8.33. The molecule has 4 heterocycles. The minimum Gasteiger partial charge on any atom is -0.372 e. The van der Waals surface area contributed by atoms with Crippen LogP contribution in [0.2, 0.25) is 0 Å². The highest BCUT2D eigenvalue weighted by Gasteiger charge is 2.25. The lowest BCUT2D eigenvalue weighted by molar-refractivity contribution is 0.378. The Hall–Kier alpha value is -3.52. The molecule has 3 N–H and O–H groups in total. The summed E-state index contributed by atoms with van der Waals surface area (Å²) in [4.78, 5) is 38.3. The molecule has 12 nitrogen and oxygen atoms in total. The fourth-order valence-electron chi connectivity index (χ4n) is 6.29. The Morgan fingerprint density at radius 3 is 2.47 bits per heavy atom. The van der Waals surface area contributed by atoms with Gasteiger partial charge in [0.1, 0.15) is 5.65 Å². The molecular formula is C29H35BrN8O4S. The number of aromatic nitrogens is 6. The third-order valence-corrected chi connectivity index (χ3v) is 11.3. The zero-order chi connectivity index (χ0) is 30.1. The van der Waals surface area contributed by atoms with Crippen molar-refractivity contribution < 1.29 is 8.42 Å². The third-order valence-electron chi connectivity index (χ3n) is 8.73. The van der Waals surface area contributed by atoms with Crippen LogP contribution in [0.25, 0.3) is 11.0 Å². The molecule has 1 saturated carbocycles. The Labute approximate surface area is 257 Å². The van der Waals surface area contributed by atoms with E-state index in [1.165, 1.54) is 0 Å². The van der Waals surface area contributed by atoms with Gasteiger partial charge in [-0.1, -0.05) is 12.8 Å². The normalized spacial score (nSPS) is 16.7. The lowest BCUT2D eigenvalue weighted by atomic mass is 9.92. The second-order valence-corrected chi connectivity index (χ2v) is 14.3. The quantitative estimate of drug-likeness (QED) is 0.231. The fraction of sp³-hybridized carbons (Fsp3) is 0.483. The predicted octanol–water partition coefficient (Wildman–Crippen LogP) is 4.60. The summed E-state index contributed by atoms with van der Waals surface area (Å²) in [5, 5.41) is 9.55. The predicted molar refractivity (Wildman–Crippen MR) is 169 cm³/mol. The molecule has 43 heavy (non-hydrogen) atoms. The Bertz CT molecular complexity index is 1840. The highest BCUT2D eigenvalue weighted by molar-refractivity contribution is 9.10. The van der Waals surface area contributed by atoms with Crippen molar-refractivity contribution in [2.24, 2.45) is 5.92 Å². The van der Waals surface area contributed by atoms with Crippen LogP contribution in [0, 0.1) is 12.8 Å². The number of H-pyrrole nitrogens is 2. The molecule has 14 heteroatoms. The average Bonchev–Trinajstić information content (AvgIpc) is 3.70. The van der Waals surface area contributed by atoms with Crippen LogP contribution >= 0.6 is 15.9 Å². The van der Waals surface area contributed by atoms with Gasteiger partial charge in [-0.05, 0) is 97.1 Å². The molecule has 6 rings (SSSR count). The van der Waals surface area contributed by atoms with E-state index < -0.39 is 15.5 Å². The minimum atomic E-state index is -3.58. The van der Waals surface area contributed by atoms with E-state index >= 15 is 0 Å². The van der Waals surface area contributed by atoms with Crippen LogP contribution in [0.4, 0.5) is 17.3 Å². The van der Waals surface area contributed by atoms with Crippen molar-refractivity contribution in [3.63, 3.8) is 0 Å². The van der Waals surface area contributed by atoms with E-state index in [1.54, 1.807) is 6.20 Å². The summed E-state index contributed by atoms with van der Waals surface area (Å²) in [6.45, 7) is 3.72. The molecule has 1 aliphatic carbocycles. The first-order valence-corrected chi connectivity index (χ1v) is 17.2. The summed E-state index contributed by atoms with van der Waals surface area (Å²) in [5.41, 5.74) is 2.86. The number of nitrogens with zero attached hydrogens (tertiary/aromatic N) is 5. The lowest BCUT2D eigenvalue weighted by Gasteiger charge is -2.33. The van der Waals surface area contributed by atoms with Gasteiger partial charge in [0.2, 0.25) is 20.9 Å². The number of fused-ring (bicyclic) bond motifs is 1. The molecular weight excluding hydrogens is 636 g/mol. The number of piperidine rings is 1. The molecule has 1 aromatic carbocycles. The topological polar surface area (TPSA) is 159 Å². The van der Waals surface area contributed by atoms with Crippen molar-refractivity contribution >= 4 is 54.1 Å². The van der Waals surface area contributed by atoms with E-state index in [4.69, 9.17) is 4.98 Å². The van der Waals surface area contributed by atoms with Crippen molar-refractivity contribution in [1.82, 2.24) is 29.7 Å². The van der Waals surface area contributed by atoms with Crippen molar-refractivity contribution in [2.45, 2.75) is 69.5 Å². The van der Waals surface area contributed by atoms with Gasteiger partial charge in [-0.3, -0.25) is 14.3 Å². The van der Waals surface area contributed by atoms with E-state index in [0.717, 1.165) is 80.4 Å². The smallest absolute Gasteiger partial charge is 0.341 e. The summed E-state index contributed by atoms with van der Waals surface area (Å²) in [6.07, 6.45) is 9.32. The number of halogens is 1. The molecule has 1 aliphatic heterocycles. The van der Waals surface area contributed by atoms with Crippen molar-refractivity contribution in [3.8, 4) is 0 Å². The van der Waals surface area contributed by atoms with Gasteiger partial charge in [-0.2, -0.15) is 4.98 Å². The van der Waals surface area contributed by atoms with Gasteiger partial charge in [0.05, 0.1) is 10.2 Å². The van der Waals surface area contributed by atoms with E-state index in [9.17, 15) is 18.0 Å². The summed E-state index contributed by atoms with van der Waals surface area (Å²) in [7, 11) is -3.58. The number of hydrogen-bond acceptors (Lipinski definition) is 9. The van der Waals surface area contributed by atoms with Crippen LogP contribution < -0.4 is 21.5 Å². The largest absolute Gasteiger partial charge is 0.372 e. The molecule has 0 amide bonds. The summed E-state index contributed by atoms with van der Waals surface area (Å²) >= 11 is 3.50. The van der Waals surface area contributed by atoms with Crippen LogP contribution in [-0.2, 0) is 9.84 Å². The number of aryl methyl sites for hydroxylation is 1. The Balaban J connectivity index is 1.06. The number of sulfone groups is 1. The standard InChI is InChI=1S/C29H35BrN8O4S/c1-18-23-17-31-27(33-25(23)38(26(39)24(18)30)22-6-2-3-7-22)32-20-8-10-21(11-9-20)37-14-12-19(13-15-37)5-4-16-43(41,42)29-34-28(40)35-36-29/h8-11,17,19,22H,2-7,12-16H2,1H3,(H,31,32,33)(H2,34,35,36,40). The van der Waals surface area contributed by atoms with Crippen LogP contribution in [0.5, 0.6) is 0 Å². The number of hydrogen-bond donors (Lipinski definition) is 3. The van der Waals surface area contributed by atoms with E-state index in [2.05, 4.69) is 58.4 Å². The average molecular weight is 672 g/mol. The minimum absolute atomic E-state index is 0.0286. The molecule has 0 atom stereocenters. The molecule has 2 aliphatic rings. The Morgan fingerprint density at radius 1 is 1.07 bits per heavy atom. The first kappa shape index (κ1) is 29.5. The zero-order valence-electron chi connectivity index (χ0n) is 24.0. The molecule has 4 aromatic rings. The Kier molecular flexibility index (Phi) is 8.40. The van der Waals surface area contributed by atoms with Gasteiger partial charge in [0.25, 0.3) is 5.56 Å². The van der Waals surface area contributed by atoms with Crippen LogP contribution in [0.1, 0.15) is 63.0 Å². The number of rotatable bonds is 9. The molecule has 228 valence electrons. The van der Waals surface area contributed by atoms with Gasteiger partial charge in [-0.25, -0.2) is 23.3 Å². The maximum atomic E-state index is 13.2. The molecule has 0 unspecified atom stereocenters. The number of pyridine rings is 1. The molecule has 0 bridgehead atoms. The van der Waals surface area contributed by atoms with Crippen molar-refractivity contribution in [1.29, 1.82) is 0 Å². The maximum Gasteiger partial charge on any atom is 0.341 e. The van der Waals surface area contributed by atoms with Crippen LogP contribution in [0.3, 0.4) is 0 Å². The van der Waals surface area contributed by atoms with Gasteiger partial charge >= 0.3 is 5.69 Å². The number of anilines is 3. The zero-order valence-corrected chi connectivity index (χ0v) is 26.4. The molecule has 1 saturated heterocycles. The van der Waals surface area contributed by atoms with Gasteiger partial charge in [-0.15, -0.1) is 5.10 Å². The molecule has 2 fully saturated rings. The second kappa shape index (κ2) is 12.2. The van der Waals surface area contributed by atoms with Gasteiger partial charge in [0.15, 0.2) is 0 Å². The first-order chi connectivity index (χ1) is 20.7. The summed E-state index contributed by atoms with van der Waals surface area (Å²) in [5.74, 6) is 0.885. The first-order valence-electron chi connectivity index (χ1n) is 14.8. The van der Waals surface area contributed by atoms with Crippen LogP contribution in [0.15, 0.2) is 49.7 Å². The second-order valence-electron chi connectivity index (χ2n) is 11.5. The lowest BCUT2D eigenvalue weighted by Crippen LogP contribution is -2.33. The van der Waals surface area contributed by atoms with Gasteiger partial charge in [0, 0.05) is 42.1 Å². The fourth-order valence-corrected chi connectivity index (χ4v) is 7.87. The van der Waals surface area contributed by atoms with Crippen molar-refractivity contribution in [3.05, 3.63) is 61.3 Å². The Morgan fingerprint density at radius 2 is 1.79 bits per heavy atom.